The van der Waals surface area contributed by atoms with Gasteiger partial charge in [-0.2, -0.15) is 5.10 Å². The maximum Gasteiger partial charge on any atom is 0.224 e. The van der Waals surface area contributed by atoms with E-state index in [-0.39, 0.29) is 17.2 Å². The largest absolute Gasteiger partial charge is 0.381 e. The maximum absolute atomic E-state index is 12.3. The second-order valence-electron chi connectivity index (χ2n) is 6.35. The molecule has 21 heavy (non-hydrogen) atoms. The van der Waals surface area contributed by atoms with E-state index in [0.717, 1.165) is 57.1 Å². The van der Waals surface area contributed by atoms with Crippen LogP contribution in [0.15, 0.2) is 6.07 Å². The molecule has 3 rings (SSSR count). The van der Waals surface area contributed by atoms with E-state index in [4.69, 9.17) is 4.74 Å². The van der Waals surface area contributed by atoms with E-state index < -0.39 is 0 Å². The summed E-state index contributed by atoms with van der Waals surface area (Å²) in [5, 5.41) is 10.1. The van der Waals surface area contributed by atoms with Gasteiger partial charge in [0.05, 0.1) is 11.6 Å². The molecule has 6 nitrogen and oxygen atoms in total. The minimum atomic E-state index is 0.0615. The molecule has 1 unspecified atom stereocenters. The van der Waals surface area contributed by atoms with Gasteiger partial charge in [-0.05, 0) is 25.8 Å². The molecule has 1 aromatic heterocycles. The summed E-state index contributed by atoms with van der Waals surface area (Å²) in [6.45, 7) is 6.12. The summed E-state index contributed by atoms with van der Waals surface area (Å²) < 4.78 is 5.51. The van der Waals surface area contributed by atoms with Crippen LogP contribution in [0.25, 0.3) is 0 Å². The van der Waals surface area contributed by atoms with Crippen LogP contribution >= 0.6 is 0 Å². The SMILES string of the molecule is CNC(=O)C1CN(Cc2cc(C)[nH]n2)CC12CCOCC2. The Morgan fingerprint density at radius 2 is 2.33 bits per heavy atom. The number of hydrogen-bond acceptors (Lipinski definition) is 4. The van der Waals surface area contributed by atoms with E-state index in [1.807, 2.05) is 6.92 Å². The summed E-state index contributed by atoms with van der Waals surface area (Å²) in [6, 6.07) is 2.07. The second-order valence-corrected chi connectivity index (χ2v) is 6.35. The normalized spacial score (nSPS) is 25.3. The van der Waals surface area contributed by atoms with Crippen molar-refractivity contribution in [1.29, 1.82) is 0 Å². The molecule has 1 spiro atoms. The molecule has 1 atom stereocenters. The topological polar surface area (TPSA) is 70.2 Å². The van der Waals surface area contributed by atoms with Gasteiger partial charge in [0.25, 0.3) is 0 Å². The number of aromatic amines is 1. The Bertz CT molecular complexity index is 508. The number of likely N-dealkylation sites (tertiary alicyclic amines) is 1. The second kappa shape index (κ2) is 5.77. The summed E-state index contributed by atoms with van der Waals surface area (Å²) in [7, 11) is 1.73. The number of nitrogens with one attached hydrogen (secondary N) is 2. The molecule has 1 amide bonds. The molecular weight excluding hydrogens is 268 g/mol. The molecule has 2 aliphatic rings. The number of nitrogens with zero attached hydrogens (tertiary/aromatic N) is 2. The van der Waals surface area contributed by atoms with Crippen molar-refractivity contribution < 1.29 is 9.53 Å². The first-order valence-corrected chi connectivity index (χ1v) is 7.65. The van der Waals surface area contributed by atoms with Gasteiger partial charge in [0.1, 0.15) is 0 Å². The number of H-pyrrole nitrogens is 1. The van der Waals surface area contributed by atoms with Gasteiger partial charge >= 0.3 is 0 Å². The molecule has 3 heterocycles. The average Bonchev–Trinajstić information content (AvgIpc) is 3.04. The molecule has 6 heteroatoms. The number of ether oxygens (including phenoxy) is 1. The van der Waals surface area contributed by atoms with E-state index in [1.165, 1.54) is 0 Å². The van der Waals surface area contributed by atoms with E-state index in [9.17, 15) is 4.79 Å². The van der Waals surface area contributed by atoms with Crippen molar-refractivity contribution in [2.75, 3.05) is 33.4 Å². The first-order chi connectivity index (χ1) is 10.1. The van der Waals surface area contributed by atoms with Crippen molar-refractivity contribution in [3.05, 3.63) is 17.5 Å². The van der Waals surface area contributed by atoms with Gasteiger partial charge in [0.2, 0.25) is 5.91 Å². The molecule has 2 fully saturated rings. The van der Waals surface area contributed by atoms with Gasteiger partial charge in [0, 0.05) is 51.0 Å². The lowest BCUT2D eigenvalue weighted by Crippen LogP contribution is -2.43. The van der Waals surface area contributed by atoms with Crippen molar-refractivity contribution in [1.82, 2.24) is 20.4 Å². The summed E-state index contributed by atoms with van der Waals surface area (Å²) >= 11 is 0. The molecule has 2 aliphatic heterocycles. The fourth-order valence-electron chi connectivity index (χ4n) is 3.80. The number of carbonyl (C=O) groups excluding carboxylic acids is 1. The smallest absolute Gasteiger partial charge is 0.224 e. The number of hydrogen-bond donors (Lipinski definition) is 2. The molecule has 0 saturated carbocycles. The maximum atomic E-state index is 12.3. The zero-order valence-corrected chi connectivity index (χ0v) is 12.8. The number of amides is 1. The Morgan fingerprint density at radius 1 is 1.57 bits per heavy atom. The lowest BCUT2D eigenvalue weighted by Gasteiger charge is -2.37. The summed E-state index contributed by atoms with van der Waals surface area (Å²) in [5.74, 6) is 0.226. The first-order valence-electron chi connectivity index (χ1n) is 7.65. The predicted octanol–water partition coefficient (Wildman–Crippen LogP) is 0.693. The first kappa shape index (κ1) is 14.5. The third-order valence-electron chi connectivity index (χ3n) is 4.91. The van der Waals surface area contributed by atoms with Crippen molar-refractivity contribution >= 4 is 5.91 Å². The van der Waals surface area contributed by atoms with Crippen molar-refractivity contribution in [2.45, 2.75) is 26.3 Å². The Balaban J connectivity index is 1.75. The van der Waals surface area contributed by atoms with Crippen molar-refractivity contribution in [3.63, 3.8) is 0 Å². The van der Waals surface area contributed by atoms with Crippen LogP contribution in [0, 0.1) is 18.3 Å². The highest BCUT2D eigenvalue weighted by molar-refractivity contribution is 5.80. The molecule has 2 N–H and O–H groups in total. The number of rotatable bonds is 3. The highest BCUT2D eigenvalue weighted by Gasteiger charge is 2.50. The molecule has 116 valence electrons. The zero-order chi connectivity index (χ0) is 14.9. The minimum Gasteiger partial charge on any atom is -0.381 e. The Kier molecular flexibility index (Phi) is 3.99. The van der Waals surface area contributed by atoms with Crippen LogP contribution in [0.5, 0.6) is 0 Å². The highest BCUT2D eigenvalue weighted by Crippen LogP contribution is 2.44. The fraction of sp³-hybridized carbons (Fsp3) is 0.733. The Hall–Kier alpha value is -1.40. The van der Waals surface area contributed by atoms with E-state index in [2.05, 4.69) is 26.5 Å². The predicted molar refractivity (Wildman–Crippen MR) is 78.6 cm³/mol. The standard InChI is InChI=1S/C15H24N4O2/c1-11-7-12(18-17-11)8-19-9-13(14(20)16-2)15(10-19)3-5-21-6-4-15/h7,13H,3-6,8-10H2,1-2H3,(H,16,20)(H,17,18). The van der Waals surface area contributed by atoms with E-state index in [1.54, 1.807) is 7.05 Å². The molecular formula is C15H24N4O2. The average molecular weight is 292 g/mol. The number of carbonyl (C=O) groups is 1. The lowest BCUT2D eigenvalue weighted by molar-refractivity contribution is -0.129. The quantitative estimate of drug-likeness (QED) is 0.860. The van der Waals surface area contributed by atoms with Crippen LogP contribution in [0.2, 0.25) is 0 Å². The molecule has 0 radical (unpaired) electrons. The van der Waals surface area contributed by atoms with Crippen LogP contribution in [0.1, 0.15) is 24.2 Å². The van der Waals surface area contributed by atoms with Gasteiger partial charge < -0.3 is 10.1 Å². The number of aromatic nitrogens is 2. The minimum absolute atomic E-state index is 0.0615. The van der Waals surface area contributed by atoms with Crippen LogP contribution in [-0.2, 0) is 16.1 Å². The monoisotopic (exact) mass is 292 g/mol. The fourth-order valence-corrected chi connectivity index (χ4v) is 3.80. The Labute approximate surface area is 125 Å². The van der Waals surface area contributed by atoms with Crippen LogP contribution in [0.4, 0.5) is 0 Å². The molecule has 2 saturated heterocycles. The van der Waals surface area contributed by atoms with Crippen LogP contribution in [-0.4, -0.2) is 54.4 Å². The molecule has 0 aliphatic carbocycles. The van der Waals surface area contributed by atoms with Gasteiger partial charge in [-0.25, -0.2) is 0 Å². The van der Waals surface area contributed by atoms with Crippen molar-refractivity contribution in [2.24, 2.45) is 11.3 Å². The molecule has 1 aromatic rings. The third kappa shape index (κ3) is 2.82. The van der Waals surface area contributed by atoms with E-state index in [0.29, 0.717) is 0 Å². The zero-order valence-electron chi connectivity index (χ0n) is 12.8. The third-order valence-corrected chi connectivity index (χ3v) is 4.91. The molecule has 0 aromatic carbocycles. The van der Waals surface area contributed by atoms with Crippen LogP contribution in [0.3, 0.4) is 0 Å². The Morgan fingerprint density at radius 3 is 2.95 bits per heavy atom. The van der Waals surface area contributed by atoms with E-state index >= 15 is 0 Å². The van der Waals surface area contributed by atoms with Crippen LogP contribution < -0.4 is 5.32 Å². The summed E-state index contributed by atoms with van der Waals surface area (Å²) in [6.07, 6.45) is 1.95. The van der Waals surface area contributed by atoms with Crippen molar-refractivity contribution in [3.8, 4) is 0 Å². The highest BCUT2D eigenvalue weighted by atomic mass is 16.5. The van der Waals surface area contributed by atoms with Gasteiger partial charge in [-0.3, -0.25) is 14.8 Å². The van der Waals surface area contributed by atoms with Gasteiger partial charge in [0.15, 0.2) is 0 Å². The molecule has 0 bridgehead atoms. The number of aryl methyl sites for hydroxylation is 1. The summed E-state index contributed by atoms with van der Waals surface area (Å²) in [5.41, 5.74) is 2.20. The lowest BCUT2D eigenvalue weighted by atomic mass is 9.72. The van der Waals surface area contributed by atoms with Gasteiger partial charge in [-0.1, -0.05) is 0 Å². The summed E-state index contributed by atoms with van der Waals surface area (Å²) in [4.78, 5) is 14.7. The van der Waals surface area contributed by atoms with Gasteiger partial charge in [-0.15, -0.1) is 0 Å².